The number of nitrogens with zero attached hydrogens (tertiary/aromatic N) is 1. The first-order chi connectivity index (χ1) is 7.97. The van der Waals surface area contributed by atoms with Gasteiger partial charge in [0.1, 0.15) is 6.10 Å². The summed E-state index contributed by atoms with van der Waals surface area (Å²) < 4.78 is 13.1. The first-order valence-electron chi connectivity index (χ1n) is 4.71. The van der Waals surface area contributed by atoms with E-state index in [1.807, 2.05) is 0 Å². The van der Waals surface area contributed by atoms with E-state index in [1.54, 1.807) is 0 Å². The van der Waals surface area contributed by atoms with Gasteiger partial charge < -0.3 is 15.9 Å². The van der Waals surface area contributed by atoms with Gasteiger partial charge in [0.25, 0.3) is 0 Å². The Kier molecular flexibility index (Phi) is 4.24. The molecule has 17 heavy (non-hydrogen) atoms. The van der Waals surface area contributed by atoms with Gasteiger partial charge in [-0.05, 0) is 11.6 Å². The number of carbonyl (C=O) groups is 2. The molecule has 1 rings (SSSR count). The first kappa shape index (κ1) is 13.2. The SMILES string of the molecule is NC(=O)CC(O)C(O)c1ccnc(F)c1C=O. The molecule has 0 bridgehead atoms. The topological polar surface area (TPSA) is 114 Å². The van der Waals surface area contributed by atoms with Crippen molar-refractivity contribution in [2.24, 2.45) is 5.73 Å². The molecular formula is C10H11FN2O4. The van der Waals surface area contributed by atoms with Gasteiger partial charge in [-0.2, -0.15) is 4.39 Å². The lowest BCUT2D eigenvalue weighted by Crippen LogP contribution is -2.26. The minimum Gasteiger partial charge on any atom is -0.390 e. The van der Waals surface area contributed by atoms with Crippen molar-refractivity contribution in [1.29, 1.82) is 0 Å². The molecule has 6 nitrogen and oxygen atoms in total. The normalized spacial score (nSPS) is 14.1. The van der Waals surface area contributed by atoms with E-state index in [9.17, 15) is 24.2 Å². The van der Waals surface area contributed by atoms with Crippen LogP contribution in [0.15, 0.2) is 12.3 Å². The fourth-order valence-electron chi connectivity index (χ4n) is 1.36. The number of aliphatic hydroxyl groups is 2. The molecule has 0 radical (unpaired) electrons. The highest BCUT2D eigenvalue weighted by Crippen LogP contribution is 2.22. The number of aldehydes is 1. The summed E-state index contributed by atoms with van der Waals surface area (Å²) in [5.74, 6) is -1.87. The predicted molar refractivity (Wildman–Crippen MR) is 54.4 cm³/mol. The molecule has 92 valence electrons. The van der Waals surface area contributed by atoms with Crippen molar-refractivity contribution in [2.45, 2.75) is 18.6 Å². The molecule has 2 unspecified atom stereocenters. The highest BCUT2D eigenvalue weighted by Gasteiger charge is 2.24. The maximum atomic E-state index is 13.1. The molecule has 0 saturated carbocycles. The Balaban J connectivity index is 3.03. The van der Waals surface area contributed by atoms with Gasteiger partial charge in [-0.15, -0.1) is 0 Å². The van der Waals surface area contributed by atoms with Crippen molar-refractivity contribution in [1.82, 2.24) is 4.98 Å². The second kappa shape index (κ2) is 5.46. The number of pyridine rings is 1. The van der Waals surface area contributed by atoms with Gasteiger partial charge in [0.2, 0.25) is 11.9 Å². The summed E-state index contributed by atoms with van der Waals surface area (Å²) in [6.45, 7) is 0. The minimum absolute atomic E-state index is 0.138. The van der Waals surface area contributed by atoms with Crippen LogP contribution < -0.4 is 5.73 Å². The van der Waals surface area contributed by atoms with Crippen LogP contribution in [0.1, 0.15) is 28.4 Å². The Morgan fingerprint density at radius 2 is 2.24 bits per heavy atom. The first-order valence-corrected chi connectivity index (χ1v) is 4.71. The number of nitrogens with two attached hydrogens (primary N) is 1. The predicted octanol–water partition coefficient (Wildman–Crippen LogP) is -0.697. The summed E-state index contributed by atoms with van der Waals surface area (Å²) >= 11 is 0. The van der Waals surface area contributed by atoms with Crippen molar-refractivity contribution in [3.05, 3.63) is 29.3 Å². The Labute approximate surface area is 95.9 Å². The Hall–Kier alpha value is -1.86. The number of halogens is 1. The standard InChI is InChI=1S/C10H11FN2O4/c11-10-6(4-14)5(1-2-13-10)9(17)7(15)3-8(12)16/h1-2,4,7,9,15,17H,3H2,(H2,12,16). The zero-order valence-corrected chi connectivity index (χ0v) is 8.71. The lowest BCUT2D eigenvalue weighted by molar-refractivity contribution is -0.121. The van der Waals surface area contributed by atoms with Crippen molar-refractivity contribution >= 4 is 12.2 Å². The molecule has 0 spiro atoms. The minimum atomic E-state index is -1.58. The highest BCUT2D eigenvalue weighted by atomic mass is 19.1. The number of rotatable bonds is 5. The average molecular weight is 242 g/mol. The third-order valence-electron chi connectivity index (χ3n) is 2.19. The third kappa shape index (κ3) is 3.05. The number of carbonyl (C=O) groups excluding carboxylic acids is 2. The van der Waals surface area contributed by atoms with Gasteiger partial charge in [-0.25, -0.2) is 4.98 Å². The number of hydrogen-bond donors (Lipinski definition) is 3. The van der Waals surface area contributed by atoms with Crippen molar-refractivity contribution in [2.75, 3.05) is 0 Å². The van der Waals surface area contributed by atoms with Crippen LogP contribution in [-0.4, -0.2) is 33.5 Å². The second-order valence-electron chi connectivity index (χ2n) is 3.41. The summed E-state index contributed by atoms with van der Waals surface area (Å²) in [6.07, 6.45) is -2.37. The molecule has 0 aliphatic carbocycles. The van der Waals surface area contributed by atoms with Crippen LogP contribution in [0.3, 0.4) is 0 Å². The largest absolute Gasteiger partial charge is 0.390 e. The summed E-state index contributed by atoms with van der Waals surface area (Å²) in [5, 5.41) is 19.1. The van der Waals surface area contributed by atoms with E-state index in [0.29, 0.717) is 0 Å². The summed E-state index contributed by atoms with van der Waals surface area (Å²) in [7, 11) is 0. The second-order valence-corrected chi connectivity index (χ2v) is 3.41. The van der Waals surface area contributed by atoms with Gasteiger partial charge in [-0.1, -0.05) is 0 Å². The lowest BCUT2D eigenvalue weighted by Gasteiger charge is -2.18. The quantitative estimate of drug-likeness (QED) is 0.467. The number of aliphatic hydroxyl groups excluding tert-OH is 2. The smallest absolute Gasteiger partial charge is 0.223 e. The van der Waals surface area contributed by atoms with E-state index >= 15 is 0 Å². The zero-order chi connectivity index (χ0) is 13.0. The number of aromatic nitrogens is 1. The van der Waals surface area contributed by atoms with Crippen LogP contribution in [0.25, 0.3) is 0 Å². The van der Waals surface area contributed by atoms with Crippen LogP contribution >= 0.6 is 0 Å². The molecule has 7 heteroatoms. The Morgan fingerprint density at radius 3 is 2.76 bits per heavy atom. The van der Waals surface area contributed by atoms with Gasteiger partial charge >= 0.3 is 0 Å². The van der Waals surface area contributed by atoms with Gasteiger partial charge in [0.05, 0.1) is 18.1 Å². The zero-order valence-electron chi connectivity index (χ0n) is 8.71. The Bertz CT molecular complexity index is 438. The summed E-state index contributed by atoms with van der Waals surface area (Å²) in [4.78, 5) is 24.4. The van der Waals surface area contributed by atoms with Gasteiger partial charge in [0, 0.05) is 6.20 Å². The molecule has 0 aromatic carbocycles. The molecule has 0 fully saturated rings. The van der Waals surface area contributed by atoms with Crippen LogP contribution in [0, 0.1) is 5.95 Å². The molecule has 0 saturated heterocycles. The van der Waals surface area contributed by atoms with E-state index in [4.69, 9.17) is 5.73 Å². The van der Waals surface area contributed by atoms with Crippen molar-refractivity contribution in [3.63, 3.8) is 0 Å². The fraction of sp³-hybridized carbons (Fsp3) is 0.300. The van der Waals surface area contributed by atoms with E-state index in [1.165, 1.54) is 6.07 Å². The van der Waals surface area contributed by atoms with E-state index in [2.05, 4.69) is 4.98 Å². The fourth-order valence-corrected chi connectivity index (χ4v) is 1.36. The van der Waals surface area contributed by atoms with Crippen LogP contribution in [0.2, 0.25) is 0 Å². The molecule has 1 heterocycles. The number of hydrogen-bond acceptors (Lipinski definition) is 5. The van der Waals surface area contributed by atoms with Crippen LogP contribution in [0.5, 0.6) is 0 Å². The van der Waals surface area contributed by atoms with Crippen LogP contribution in [0.4, 0.5) is 4.39 Å². The molecule has 4 N–H and O–H groups in total. The monoisotopic (exact) mass is 242 g/mol. The molecule has 1 aromatic heterocycles. The molecular weight excluding hydrogens is 231 g/mol. The average Bonchev–Trinajstić information content (AvgIpc) is 2.26. The third-order valence-corrected chi connectivity index (χ3v) is 2.19. The lowest BCUT2D eigenvalue weighted by atomic mass is 9.99. The Morgan fingerprint density at radius 1 is 1.59 bits per heavy atom. The van der Waals surface area contributed by atoms with Crippen molar-refractivity contribution in [3.8, 4) is 0 Å². The summed E-state index contributed by atoms with van der Waals surface area (Å²) in [5.41, 5.74) is 4.25. The van der Waals surface area contributed by atoms with E-state index in [-0.39, 0.29) is 11.8 Å². The number of amides is 1. The van der Waals surface area contributed by atoms with Crippen LogP contribution in [-0.2, 0) is 4.79 Å². The van der Waals surface area contributed by atoms with Crippen molar-refractivity contribution < 1.29 is 24.2 Å². The highest BCUT2D eigenvalue weighted by molar-refractivity contribution is 5.77. The maximum Gasteiger partial charge on any atom is 0.223 e. The van der Waals surface area contributed by atoms with E-state index in [0.717, 1.165) is 6.20 Å². The van der Waals surface area contributed by atoms with Gasteiger partial charge in [0.15, 0.2) is 6.29 Å². The molecule has 2 atom stereocenters. The van der Waals surface area contributed by atoms with Gasteiger partial charge in [-0.3, -0.25) is 9.59 Å². The maximum absolute atomic E-state index is 13.1. The molecule has 0 aliphatic rings. The molecule has 1 aromatic rings. The molecule has 0 aliphatic heterocycles. The number of primary amides is 1. The molecule has 1 amide bonds. The van der Waals surface area contributed by atoms with E-state index < -0.39 is 36.0 Å². The summed E-state index contributed by atoms with van der Waals surface area (Å²) in [6, 6.07) is 1.18.